The third-order valence-electron chi connectivity index (χ3n) is 3.69. The van der Waals surface area contributed by atoms with Crippen molar-refractivity contribution in [1.29, 1.82) is 0 Å². The van der Waals surface area contributed by atoms with E-state index in [4.69, 9.17) is 16.6 Å². The maximum Gasteiger partial charge on any atom is 0.207 e. The van der Waals surface area contributed by atoms with E-state index < -0.39 is 12.2 Å². The normalized spacial score (nSPS) is 13.6. The van der Waals surface area contributed by atoms with Gasteiger partial charge in [-0.05, 0) is 40.2 Å². The molecule has 0 fully saturated rings. The van der Waals surface area contributed by atoms with Gasteiger partial charge in [0.05, 0.1) is 11.0 Å². The van der Waals surface area contributed by atoms with Crippen molar-refractivity contribution in [3.8, 4) is 12.3 Å². The first-order valence-electron chi connectivity index (χ1n) is 7.61. The fourth-order valence-corrected chi connectivity index (χ4v) is 3.43. The van der Waals surface area contributed by atoms with Gasteiger partial charge >= 0.3 is 0 Å². The summed E-state index contributed by atoms with van der Waals surface area (Å²) in [5.74, 6) is 3.71. The van der Waals surface area contributed by atoms with Crippen LogP contribution in [0, 0.1) is 12.3 Å². The Kier molecular flexibility index (Phi) is 5.37. The molecule has 0 radical (unpaired) electrons. The smallest absolute Gasteiger partial charge is 0.207 e. The van der Waals surface area contributed by atoms with Crippen LogP contribution < -0.4 is 11.1 Å². The van der Waals surface area contributed by atoms with Gasteiger partial charge in [0.15, 0.2) is 11.4 Å². The third-order valence-corrected chi connectivity index (χ3v) is 5.39. The molecule has 0 spiro atoms. The SMILES string of the molecule is C#Cc1nc(NCc2cccs2)c2oc(CC(N)C(C)F)c(Br)c2n1. The number of aromatic nitrogens is 2. The highest BCUT2D eigenvalue weighted by molar-refractivity contribution is 9.10. The number of nitrogens with two attached hydrogens (primary N) is 1. The van der Waals surface area contributed by atoms with Crippen molar-refractivity contribution < 1.29 is 8.81 Å². The summed E-state index contributed by atoms with van der Waals surface area (Å²) in [7, 11) is 0. The standard InChI is InChI=1S/C17H16BrFN4OS/c1-3-13-22-15-14(18)12(7-11(20)9(2)19)24-16(15)17(23-13)21-8-10-5-4-6-25-10/h1,4-6,9,11H,7-8,20H2,2H3,(H,21,22,23). The molecule has 2 unspecified atom stereocenters. The van der Waals surface area contributed by atoms with Crippen molar-refractivity contribution in [2.45, 2.75) is 32.1 Å². The Morgan fingerprint density at radius 3 is 2.96 bits per heavy atom. The number of nitrogens with zero attached hydrogens (tertiary/aromatic N) is 2. The van der Waals surface area contributed by atoms with E-state index >= 15 is 0 Å². The van der Waals surface area contributed by atoms with Crippen LogP contribution in [0.4, 0.5) is 10.2 Å². The number of nitrogens with one attached hydrogen (secondary N) is 1. The number of thiophene rings is 1. The van der Waals surface area contributed by atoms with E-state index in [1.807, 2.05) is 17.5 Å². The maximum absolute atomic E-state index is 13.4. The molecular weight excluding hydrogens is 407 g/mol. The Morgan fingerprint density at radius 2 is 2.32 bits per heavy atom. The van der Waals surface area contributed by atoms with E-state index in [0.717, 1.165) is 4.88 Å². The minimum Gasteiger partial charge on any atom is -0.454 e. The number of anilines is 1. The lowest BCUT2D eigenvalue weighted by Gasteiger charge is -2.10. The van der Waals surface area contributed by atoms with Crippen molar-refractivity contribution in [2.75, 3.05) is 5.32 Å². The molecule has 3 heterocycles. The number of hydrogen-bond donors (Lipinski definition) is 2. The van der Waals surface area contributed by atoms with Gasteiger partial charge in [0.1, 0.15) is 17.4 Å². The van der Waals surface area contributed by atoms with Gasteiger partial charge < -0.3 is 15.5 Å². The molecular formula is C17H16BrFN4OS. The highest BCUT2D eigenvalue weighted by Gasteiger charge is 2.22. The zero-order valence-corrected chi connectivity index (χ0v) is 15.8. The number of rotatable bonds is 6. The minimum atomic E-state index is -1.15. The first-order valence-corrected chi connectivity index (χ1v) is 9.28. The molecule has 3 rings (SSSR count). The second-order valence-electron chi connectivity index (χ2n) is 5.54. The topological polar surface area (TPSA) is 77.0 Å². The van der Waals surface area contributed by atoms with Crippen LogP contribution in [0.25, 0.3) is 11.1 Å². The van der Waals surface area contributed by atoms with Crippen molar-refractivity contribution in [1.82, 2.24) is 9.97 Å². The molecule has 0 saturated heterocycles. The molecule has 0 amide bonds. The Balaban J connectivity index is 1.99. The predicted octanol–water partition coefficient (Wildman–Crippen LogP) is 3.87. The average Bonchev–Trinajstić information content (AvgIpc) is 3.22. The number of halogens is 2. The first kappa shape index (κ1) is 17.9. The quantitative estimate of drug-likeness (QED) is 0.589. The number of alkyl halides is 1. The summed E-state index contributed by atoms with van der Waals surface area (Å²) < 4.78 is 19.9. The lowest BCUT2D eigenvalue weighted by Crippen LogP contribution is -2.31. The average molecular weight is 423 g/mol. The summed E-state index contributed by atoms with van der Waals surface area (Å²) in [6, 6.07) is 3.33. The molecule has 0 bridgehead atoms. The molecule has 0 aliphatic carbocycles. The minimum absolute atomic E-state index is 0.240. The van der Waals surface area contributed by atoms with E-state index in [1.54, 1.807) is 11.3 Å². The summed E-state index contributed by atoms with van der Waals surface area (Å²) in [6.45, 7) is 2.01. The van der Waals surface area contributed by atoms with Crippen molar-refractivity contribution in [3.63, 3.8) is 0 Å². The van der Waals surface area contributed by atoms with Crippen LogP contribution in [0.2, 0.25) is 0 Å². The van der Waals surface area contributed by atoms with Crippen molar-refractivity contribution in [3.05, 3.63) is 38.4 Å². The summed E-state index contributed by atoms with van der Waals surface area (Å²) in [6.07, 6.45) is 4.55. The second kappa shape index (κ2) is 7.52. The number of terminal acetylenes is 1. The monoisotopic (exact) mass is 422 g/mol. The van der Waals surface area contributed by atoms with Gasteiger partial charge in [-0.15, -0.1) is 17.8 Å². The van der Waals surface area contributed by atoms with Gasteiger partial charge in [0, 0.05) is 17.3 Å². The molecule has 0 aliphatic heterocycles. The predicted molar refractivity (Wildman–Crippen MR) is 101 cm³/mol. The lowest BCUT2D eigenvalue weighted by atomic mass is 10.1. The van der Waals surface area contributed by atoms with Gasteiger partial charge in [-0.3, -0.25) is 0 Å². The summed E-state index contributed by atoms with van der Waals surface area (Å²) in [5.41, 5.74) is 6.83. The zero-order valence-electron chi connectivity index (χ0n) is 13.4. The van der Waals surface area contributed by atoms with Crippen LogP contribution in [0.5, 0.6) is 0 Å². The van der Waals surface area contributed by atoms with Crippen LogP contribution in [-0.4, -0.2) is 22.2 Å². The second-order valence-corrected chi connectivity index (χ2v) is 7.36. The van der Waals surface area contributed by atoms with Crippen LogP contribution in [-0.2, 0) is 13.0 Å². The molecule has 0 aliphatic rings. The molecule has 0 aromatic carbocycles. The number of furan rings is 1. The van der Waals surface area contributed by atoms with E-state index in [-0.39, 0.29) is 12.2 Å². The van der Waals surface area contributed by atoms with Gasteiger partial charge in [0.25, 0.3) is 0 Å². The van der Waals surface area contributed by atoms with E-state index in [9.17, 15) is 4.39 Å². The van der Waals surface area contributed by atoms with Crippen LogP contribution in [0.3, 0.4) is 0 Å². The molecule has 3 N–H and O–H groups in total. The van der Waals surface area contributed by atoms with Crippen molar-refractivity contribution >= 4 is 44.2 Å². The largest absolute Gasteiger partial charge is 0.454 e. The van der Waals surface area contributed by atoms with Gasteiger partial charge in [0.2, 0.25) is 5.82 Å². The summed E-state index contributed by atoms with van der Waals surface area (Å²) in [5, 5.41) is 5.23. The van der Waals surface area contributed by atoms with E-state index in [1.165, 1.54) is 6.92 Å². The summed E-state index contributed by atoms with van der Waals surface area (Å²) >= 11 is 5.09. The Morgan fingerprint density at radius 1 is 1.52 bits per heavy atom. The Bertz CT molecular complexity index is 917. The fourth-order valence-electron chi connectivity index (χ4n) is 2.27. The molecule has 8 heteroatoms. The highest BCUT2D eigenvalue weighted by atomic mass is 79.9. The van der Waals surface area contributed by atoms with Crippen LogP contribution in [0.15, 0.2) is 26.4 Å². The molecule has 3 aromatic rings. The lowest BCUT2D eigenvalue weighted by molar-refractivity contribution is 0.295. The Labute approximate surface area is 157 Å². The molecule has 2 atom stereocenters. The molecule has 25 heavy (non-hydrogen) atoms. The van der Waals surface area contributed by atoms with Crippen molar-refractivity contribution in [2.24, 2.45) is 5.73 Å². The Hall–Kier alpha value is -1.95. The van der Waals surface area contributed by atoms with Crippen LogP contribution in [0.1, 0.15) is 23.4 Å². The molecule has 130 valence electrons. The number of fused-ring (bicyclic) bond motifs is 1. The molecule has 5 nitrogen and oxygen atoms in total. The van der Waals surface area contributed by atoms with Gasteiger partial charge in [-0.25, -0.2) is 9.37 Å². The summed E-state index contributed by atoms with van der Waals surface area (Å²) in [4.78, 5) is 9.77. The molecule has 0 saturated carbocycles. The van der Waals surface area contributed by atoms with E-state index in [0.29, 0.717) is 33.7 Å². The third kappa shape index (κ3) is 3.84. The molecule has 3 aromatic heterocycles. The number of hydrogen-bond acceptors (Lipinski definition) is 6. The van der Waals surface area contributed by atoms with Gasteiger partial charge in [-0.1, -0.05) is 6.07 Å². The maximum atomic E-state index is 13.4. The fraction of sp³-hybridized carbons (Fsp3) is 0.294. The van der Waals surface area contributed by atoms with E-state index in [2.05, 4.69) is 37.1 Å². The zero-order chi connectivity index (χ0) is 18.0. The van der Waals surface area contributed by atoms with Crippen LogP contribution >= 0.6 is 27.3 Å². The first-order chi connectivity index (χ1) is 12.0. The highest BCUT2D eigenvalue weighted by Crippen LogP contribution is 2.34. The van der Waals surface area contributed by atoms with Gasteiger partial charge in [-0.2, -0.15) is 4.98 Å².